The molecular formula is C25H23ClN2O4. The molecule has 1 aliphatic heterocycles. The van der Waals surface area contributed by atoms with Gasteiger partial charge in [0.25, 0.3) is 17.7 Å². The number of nitrogens with zero attached hydrogens (tertiary/aromatic N) is 2. The molecule has 0 saturated carbocycles. The standard InChI is InChI=1S/C25H23ClN2O4/c1-15-10-12-17(13-11-15)21(29)14-27(23(30)18-7-3-4-9-20(18)26)28-24(31)19-8-5-6-16(2)22(19)25(28)32/h3-7,9-13,16,19,22H,8,14H2,1-2H3/t16-,19+,22-/m0/s1. The molecule has 6 nitrogen and oxygen atoms in total. The van der Waals surface area contributed by atoms with Gasteiger partial charge in [0.05, 0.1) is 22.4 Å². The van der Waals surface area contributed by atoms with Crippen LogP contribution in [0.3, 0.4) is 0 Å². The first-order valence-corrected chi connectivity index (χ1v) is 10.9. The second kappa shape index (κ2) is 8.71. The van der Waals surface area contributed by atoms with Gasteiger partial charge in [0.1, 0.15) is 6.54 Å². The molecule has 1 aliphatic carbocycles. The van der Waals surface area contributed by atoms with E-state index in [1.54, 1.807) is 42.5 Å². The maximum Gasteiger partial charge on any atom is 0.274 e. The molecular weight excluding hydrogens is 428 g/mol. The molecule has 1 fully saturated rings. The molecule has 0 aromatic heterocycles. The fraction of sp³-hybridized carbons (Fsp3) is 0.280. The summed E-state index contributed by atoms with van der Waals surface area (Å²) in [6, 6.07) is 13.3. The van der Waals surface area contributed by atoms with Crippen LogP contribution in [0, 0.1) is 24.7 Å². The average molecular weight is 451 g/mol. The molecule has 164 valence electrons. The summed E-state index contributed by atoms with van der Waals surface area (Å²) in [5.41, 5.74) is 1.49. The summed E-state index contributed by atoms with van der Waals surface area (Å²) >= 11 is 6.23. The minimum absolute atomic E-state index is 0.118. The molecule has 1 heterocycles. The Bertz CT molecular complexity index is 1130. The van der Waals surface area contributed by atoms with E-state index in [-0.39, 0.29) is 22.3 Å². The van der Waals surface area contributed by atoms with Crippen LogP contribution in [0.5, 0.6) is 0 Å². The van der Waals surface area contributed by atoms with Gasteiger partial charge in [0.15, 0.2) is 5.78 Å². The number of hydrazine groups is 1. The summed E-state index contributed by atoms with van der Waals surface area (Å²) in [6.07, 6.45) is 4.22. The van der Waals surface area contributed by atoms with Crippen LogP contribution < -0.4 is 0 Å². The maximum absolute atomic E-state index is 13.5. The van der Waals surface area contributed by atoms with Crippen LogP contribution in [-0.4, -0.2) is 40.1 Å². The second-order valence-electron chi connectivity index (χ2n) is 8.28. The van der Waals surface area contributed by atoms with E-state index in [2.05, 4.69) is 0 Å². The molecule has 2 aromatic rings. The number of hydrogen-bond donors (Lipinski definition) is 0. The number of carbonyl (C=O) groups is 4. The van der Waals surface area contributed by atoms with Crippen molar-refractivity contribution in [2.24, 2.45) is 17.8 Å². The zero-order chi connectivity index (χ0) is 23.0. The van der Waals surface area contributed by atoms with Gasteiger partial charge in [-0.15, -0.1) is 0 Å². The van der Waals surface area contributed by atoms with Gasteiger partial charge in [-0.05, 0) is 31.4 Å². The number of amides is 3. The first-order chi connectivity index (χ1) is 15.3. The van der Waals surface area contributed by atoms with Crippen molar-refractivity contribution in [1.29, 1.82) is 0 Å². The number of fused-ring (bicyclic) bond motifs is 1. The molecule has 32 heavy (non-hydrogen) atoms. The van der Waals surface area contributed by atoms with Crippen LogP contribution in [-0.2, 0) is 9.59 Å². The Balaban J connectivity index is 1.72. The lowest BCUT2D eigenvalue weighted by atomic mass is 9.78. The average Bonchev–Trinajstić information content (AvgIpc) is 3.03. The van der Waals surface area contributed by atoms with E-state index in [9.17, 15) is 19.2 Å². The van der Waals surface area contributed by atoms with Crippen molar-refractivity contribution >= 4 is 35.1 Å². The monoisotopic (exact) mass is 450 g/mol. The number of hydrogen-bond acceptors (Lipinski definition) is 4. The number of aryl methyl sites for hydroxylation is 1. The molecule has 2 aromatic carbocycles. The molecule has 0 spiro atoms. The van der Waals surface area contributed by atoms with E-state index >= 15 is 0 Å². The maximum atomic E-state index is 13.5. The lowest BCUT2D eigenvalue weighted by molar-refractivity contribution is -0.154. The van der Waals surface area contributed by atoms with Crippen molar-refractivity contribution in [3.05, 3.63) is 82.4 Å². The van der Waals surface area contributed by atoms with Crippen molar-refractivity contribution in [1.82, 2.24) is 10.0 Å². The van der Waals surface area contributed by atoms with E-state index in [0.717, 1.165) is 15.6 Å². The summed E-state index contributed by atoms with van der Waals surface area (Å²) in [7, 11) is 0. The highest BCUT2D eigenvalue weighted by molar-refractivity contribution is 6.34. The van der Waals surface area contributed by atoms with E-state index in [1.807, 2.05) is 26.0 Å². The summed E-state index contributed by atoms with van der Waals surface area (Å²) in [4.78, 5) is 53.1. The first kappa shape index (κ1) is 22.0. The number of allylic oxidation sites excluding steroid dienone is 2. The third-order valence-electron chi connectivity index (χ3n) is 6.10. The van der Waals surface area contributed by atoms with Gasteiger partial charge in [-0.25, -0.2) is 5.01 Å². The topological polar surface area (TPSA) is 74.8 Å². The third kappa shape index (κ3) is 3.86. The number of benzene rings is 2. The normalized spacial score (nSPS) is 22.1. The van der Waals surface area contributed by atoms with Gasteiger partial charge in [0, 0.05) is 5.56 Å². The molecule has 0 radical (unpaired) electrons. The van der Waals surface area contributed by atoms with Crippen molar-refractivity contribution in [3.8, 4) is 0 Å². The van der Waals surface area contributed by atoms with E-state index < -0.39 is 36.1 Å². The molecule has 7 heteroatoms. The number of carbonyl (C=O) groups excluding carboxylic acids is 4. The van der Waals surface area contributed by atoms with Crippen molar-refractivity contribution in [2.75, 3.05) is 6.54 Å². The van der Waals surface area contributed by atoms with Crippen LogP contribution in [0.1, 0.15) is 39.6 Å². The van der Waals surface area contributed by atoms with Crippen LogP contribution in [0.2, 0.25) is 5.02 Å². The van der Waals surface area contributed by atoms with Crippen LogP contribution in [0.15, 0.2) is 60.7 Å². The second-order valence-corrected chi connectivity index (χ2v) is 8.68. The molecule has 1 saturated heterocycles. The molecule has 3 atom stereocenters. The minimum Gasteiger partial charge on any atom is -0.292 e. The zero-order valence-corrected chi connectivity index (χ0v) is 18.6. The molecule has 0 bridgehead atoms. The highest BCUT2D eigenvalue weighted by Gasteiger charge is 2.53. The lowest BCUT2D eigenvalue weighted by Crippen LogP contribution is -2.52. The zero-order valence-electron chi connectivity index (χ0n) is 17.8. The van der Waals surface area contributed by atoms with Crippen molar-refractivity contribution < 1.29 is 19.2 Å². The Kier molecular flexibility index (Phi) is 5.98. The number of Topliss-reactive ketones (excluding diaryl/α,β-unsaturated/α-hetero) is 1. The van der Waals surface area contributed by atoms with Crippen LogP contribution >= 0.6 is 11.6 Å². The fourth-order valence-corrected chi connectivity index (χ4v) is 4.56. The lowest BCUT2D eigenvalue weighted by Gasteiger charge is -2.30. The Morgan fingerprint density at radius 3 is 2.41 bits per heavy atom. The number of rotatable bonds is 5. The number of halogens is 1. The highest BCUT2D eigenvalue weighted by Crippen LogP contribution is 2.39. The Hall–Kier alpha value is -3.25. The first-order valence-electron chi connectivity index (χ1n) is 10.5. The van der Waals surface area contributed by atoms with Gasteiger partial charge < -0.3 is 0 Å². The van der Waals surface area contributed by atoms with Crippen LogP contribution in [0.25, 0.3) is 0 Å². The van der Waals surface area contributed by atoms with E-state index in [0.29, 0.717) is 12.0 Å². The molecule has 4 rings (SSSR count). The summed E-state index contributed by atoms with van der Waals surface area (Å²) in [5.74, 6) is -3.21. The fourth-order valence-electron chi connectivity index (χ4n) is 4.34. The number of ketones is 1. The largest absolute Gasteiger partial charge is 0.292 e. The Morgan fingerprint density at radius 2 is 1.75 bits per heavy atom. The van der Waals surface area contributed by atoms with Crippen LogP contribution in [0.4, 0.5) is 0 Å². The molecule has 0 unspecified atom stereocenters. The third-order valence-corrected chi connectivity index (χ3v) is 6.43. The van der Waals surface area contributed by atoms with Gasteiger partial charge in [0.2, 0.25) is 0 Å². The molecule has 3 amide bonds. The summed E-state index contributed by atoms with van der Waals surface area (Å²) in [6.45, 7) is 3.32. The van der Waals surface area contributed by atoms with Gasteiger partial charge in [-0.1, -0.05) is 72.6 Å². The summed E-state index contributed by atoms with van der Waals surface area (Å²) in [5, 5.41) is 2.01. The molecule has 2 aliphatic rings. The Morgan fingerprint density at radius 1 is 1.06 bits per heavy atom. The smallest absolute Gasteiger partial charge is 0.274 e. The highest BCUT2D eigenvalue weighted by atomic mass is 35.5. The van der Waals surface area contributed by atoms with Gasteiger partial charge in [-0.2, -0.15) is 5.01 Å². The quantitative estimate of drug-likeness (QED) is 0.390. The predicted molar refractivity (Wildman–Crippen MR) is 120 cm³/mol. The molecule has 0 N–H and O–H groups in total. The van der Waals surface area contributed by atoms with Gasteiger partial charge >= 0.3 is 0 Å². The minimum atomic E-state index is -0.669. The SMILES string of the molecule is Cc1ccc(C(=O)CN(C(=O)c2ccccc2Cl)N2C(=O)[C@H]3[C@@H](C)C=CC[C@H]3C2=O)cc1. The predicted octanol–water partition coefficient (Wildman–Crippen LogP) is 4.09. The Labute approximate surface area is 191 Å². The van der Waals surface area contributed by atoms with E-state index in [1.165, 1.54) is 6.07 Å². The van der Waals surface area contributed by atoms with Crippen molar-refractivity contribution in [2.45, 2.75) is 20.3 Å². The van der Waals surface area contributed by atoms with E-state index in [4.69, 9.17) is 11.6 Å². The summed E-state index contributed by atoms with van der Waals surface area (Å²) < 4.78 is 0. The number of imide groups is 1. The van der Waals surface area contributed by atoms with Crippen molar-refractivity contribution in [3.63, 3.8) is 0 Å². The van der Waals surface area contributed by atoms with Gasteiger partial charge in [-0.3, -0.25) is 19.2 Å².